The molecule has 2 aliphatic rings. The number of hydrogen-bond donors (Lipinski definition) is 2. The van der Waals surface area contributed by atoms with Crippen LogP contribution in [-0.4, -0.2) is 47.0 Å². The second-order valence-electron chi connectivity index (χ2n) is 10.2. The number of pyridine rings is 1. The predicted molar refractivity (Wildman–Crippen MR) is 145 cm³/mol. The van der Waals surface area contributed by atoms with E-state index in [0.717, 1.165) is 70.0 Å². The highest BCUT2D eigenvalue weighted by Gasteiger charge is 2.49. The second-order valence-corrected chi connectivity index (χ2v) is 11.2. The Kier molecular flexibility index (Phi) is 5.88. The zero-order valence-corrected chi connectivity index (χ0v) is 21.2. The van der Waals surface area contributed by atoms with Crippen LogP contribution in [0.5, 0.6) is 0 Å². The molecule has 2 fully saturated rings. The first kappa shape index (κ1) is 23.3. The topological polar surface area (TPSA) is 84.5 Å². The van der Waals surface area contributed by atoms with Crippen molar-refractivity contribution in [3.8, 4) is 32.3 Å². The Morgan fingerprint density at radius 3 is 2.25 bits per heavy atom. The number of morpholine rings is 1. The molecule has 6 rings (SSSR count). The van der Waals surface area contributed by atoms with E-state index < -0.39 is 11.1 Å². The van der Waals surface area contributed by atoms with Crippen LogP contribution in [0.15, 0.2) is 72.9 Å². The van der Waals surface area contributed by atoms with Gasteiger partial charge in [-0.1, -0.05) is 54.6 Å². The summed E-state index contributed by atoms with van der Waals surface area (Å²) in [6.45, 7) is 5.05. The molecular weight excluding hydrogens is 468 g/mol. The van der Waals surface area contributed by atoms with Crippen molar-refractivity contribution in [2.45, 2.75) is 30.9 Å². The molecule has 3 heterocycles. The molecule has 0 unspecified atom stereocenters. The average molecular weight is 499 g/mol. The fraction of sp³-hybridized carbons (Fsp3) is 0.310. The number of ether oxygens (including phenoxy) is 1. The largest absolute Gasteiger partial charge is 0.390 e. The molecule has 0 atom stereocenters. The van der Waals surface area contributed by atoms with Crippen molar-refractivity contribution in [1.82, 2.24) is 9.97 Å². The summed E-state index contributed by atoms with van der Waals surface area (Å²) in [6, 6.07) is 22.9. The third kappa shape index (κ3) is 4.44. The molecule has 6 nitrogen and oxygen atoms in total. The quantitative estimate of drug-likeness (QED) is 0.399. The number of anilines is 1. The fourth-order valence-electron chi connectivity index (χ4n) is 5.39. The van der Waals surface area contributed by atoms with Crippen LogP contribution in [0.3, 0.4) is 0 Å². The van der Waals surface area contributed by atoms with E-state index in [1.807, 2.05) is 19.2 Å². The lowest BCUT2D eigenvalue weighted by Crippen LogP contribution is -2.58. The van der Waals surface area contributed by atoms with Crippen molar-refractivity contribution in [2.75, 3.05) is 31.2 Å². The molecule has 2 aromatic heterocycles. The Bertz CT molecular complexity index is 1340. The van der Waals surface area contributed by atoms with Gasteiger partial charge < -0.3 is 20.5 Å². The number of hydrogen-bond acceptors (Lipinski definition) is 7. The normalized spacial score (nSPS) is 23.9. The van der Waals surface area contributed by atoms with Gasteiger partial charge in [0, 0.05) is 36.0 Å². The third-order valence-electron chi connectivity index (χ3n) is 7.12. The standard InChI is InChI=1S/C29H30N4O2S/c1-28(34)18-29(30,19-28)23-10-7-20(8-11-23)25-26(21-5-3-2-4-6-21)36-27(32-25)22-9-12-24(31-17-22)33-13-15-35-16-14-33/h2-12,17,34H,13-16,18-19,30H2,1H3/t28-,29+. The molecule has 0 radical (unpaired) electrons. The molecule has 0 spiro atoms. The minimum atomic E-state index is -0.678. The van der Waals surface area contributed by atoms with E-state index in [9.17, 15) is 5.11 Å². The molecule has 0 bridgehead atoms. The molecule has 184 valence electrons. The molecule has 0 amide bonds. The van der Waals surface area contributed by atoms with Gasteiger partial charge in [0.1, 0.15) is 10.8 Å². The summed E-state index contributed by atoms with van der Waals surface area (Å²) >= 11 is 1.68. The Labute approximate surface area is 215 Å². The van der Waals surface area contributed by atoms with E-state index in [1.54, 1.807) is 11.3 Å². The second kappa shape index (κ2) is 9.09. The molecule has 1 saturated heterocycles. The maximum absolute atomic E-state index is 10.2. The van der Waals surface area contributed by atoms with Crippen molar-refractivity contribution in [3.05, 3.63) is 78.5 Å². The van der Waals surface area contributed by atoms with Gasteiger partial charge >= 0.3 is 0 Å². The molecule has 1 aliphatic carbocycles. The summed E-state index contributed by atoms with van der Waals surface area (Å²) in [5, 5.41) is 11.1. The molecule has 1 saturated carbocycles. The first-order valence-corrected chi connectivity index (χ1v) is 13.2. The summed E-state index contributed by atoms with van der Waals surface area (Å²) in [6.07, 6.45) is 3.07. The number of rotatable bonds is 5. The maximum atomic E-state index is 10.2. The zero-order valence-electron chi connectivity index (χ0n) is 20.4. The van der Waals surface area contributed by atoms with Crippen LogP contribution >= 0.6 is 11.3 Å². The minimum Gasteiger partial charge on any atom is -0.390 e. The minimum absolute atomic E-state index is 0.467. The molecule has 36 heavy (non-hydrogen) atoms. The van der Waals surface area contributed by atoms with Gasteiger partial charge in [-0.25, -0.2) is 9.97 Å². The van der Waals surface area contributed by atoms with Crippen LogP contribution in [0.1, 0.15) is 25.3 Å². The van der Waals surface area contributed by atoms with Crippen LogP contribution in [-0.2, 0) is 10.3 Å². The fourth-order valence-corrected chi connectivity index (χ4v) is 6.47. The van der Waals surface area contributed by atoms with Crippen LogP contribution in [0, 0.1) is 0 Å². The molecule has 7 heteroatoms. The van der Waals surface area contributed by atoms with Gasteiger partial charge in [-0.2, -0.15) is 0 Å². The summed E-state index contributed by atoms with van der Waals surface area (Å²) in [5.41, 5.74) is 10.6. The first-order chi connectivity index (χ1) is 17.4. The van der Waals surface area contributed by atoms with Gasteiger partial charge in [-0.3, -0.25) is 0 Å². The number of benzene rings is 2. The molecule has 1 aliphatic heterocycles. The molecule has 3 N–H and O–H groups in total. The Balaban J connectivity index is 1.34. The van der Waals surface area contributed by atoms with Crippen molar-refractivity contribution in [1.29, 1.82) is 0 Å². The summed E-state index contributed by atoms with van der Waals surface area (Å²) in [4.78, 5) is 13.2. The van der Waals surface area contributed by atoms with E-state index in [-0.39, 0.29) is 0 Å². The summed E-state index contributed by atoms with van der Waals surface area (Å²) in [5.74, 6) is 0.975. The number of thiazole rings is 1. The van der Waals surface area contributed by atoms with Crippen LogP contribution in [0.25, 0.3) is 32.3 Å². The zero-order chi connectivity index (χ0) is 24.8. The lowest BCUT2D eigenvalue weighted by Gasteiger charge is -2.49. The van der Waals surface area contributed by atoms with Crippen LogP contribution in [0.4, 0.5) is 5.82 Å². The lowest BCUT2D eigenvalue weighted by molar-refractivity contribution is -0.0738. The maximum Gasteiger partial charge on any atom is 0.128 e. The van der Waals surface area contributed by atoms with Gasteiger partial charge in [0.2, 0.25) is 0 Å². The average Bonchev–Trinajstić information content (AvgIpc) is 3.34. The highest BCUT2D eigenvalue weighted by Crippen LogP contribution is 2.47. The van der Waals surface area contributed by atoms with Gasteiger partial charge in [0.15, 0.2) is 0 Å². The Morgan fingerprint density at radius 2 is 1.61 bits per heavy atom. The molecular formula is C29H30N4O2S. The van der Waals surface area contributed by atoms with Crippen LogP contribution in [0.2, 0.25) is 0 Å². The van der Waals surface area contributed by atoms with E-state index in [2.05, 4.69) is 65.6 Å². The summed E-state index contributed by atoms with van der Waals surface area (Å²) < 4.78 is 5.46. The number of nitrogens with two attached hydrogens (primary N) is 1. The SMILES string of the molecule is C[C@]1(O)C[C@](N)(c2ccc(-c3nc(-c4ccc(N5CCOCC5)nc4)sc3-c3ccccc3)cc2)C1. The van der Waals surface area contributed by atoms with Gasteiger partial charge in [0.05, 0.1) is 29.4 Å². The van der Waals surface area contributed by atoms with Gasteiger partial charge in [0.25, 0.3) is 0 Å². The van der Waals surface area contributed by atoms with Crippen molar-refractivity contribution in [2.24, 2.45) is 5.73 Å². The summed E-state index contributed by atoms with van der Waals surface area (Å²) in [7, 11) is 0. The number of aromatic nitrogens is 2. The van der Waals surface area contributed by atoms with E-state index >= 15 is 0 Å². The Morgan fingerprint density at radius 1 is 0.917 bits per heavy atom. The monoisotopic (exact) mass is 498 g/mol. The number of aliphatic hydroxyl groups is 1. The van der Waals surface area contributed by atoms with Crippen molar-refractivity contribution >= 4 is 17.2 Å². The van der Waals surface area contributed by atoms with Gasteiger partial charge in [-0.05, 0) is 43.0 Å². The van der Waals surface area contributed by atoms with Crippen LogP contribution < -0.4 is 10.6 Å². The smallest absolute Gasteiger partial charge is 0.128 e. The predicted octanol–water partition coefficient (Wildman–Crippen LogP) is 5.07. The van der Waals surface area contributed by atoms with E-state index in [4.69, 9.17) is 20.4 Å². The van der Waals surface area contributed by atoms with E-state index in [1.165, 1.54) is 0 Å². The third-order valence-corrected chi connectivity index (χ3v) is 8.27. The highest BCUT2D eigenvalue weighted by atomic mass is 32.1. The number of nitrogens with zero attached hydrogens (tertiary/aromatic N) is 3. The van der Waals surface area contributed by atoms with Crippen molar-refractivity contribution < 1.29 is 9.84 Å². The van der Waals surface area contributed by atoms with Gasteiger partial charge in [-0.15, -0.1) is 11.3 Å². The molecule has 2 aromatic carbocycles. The highest BCUT2D eigenvalue weighted by molar-refractivity contribution is 7.19. The first-order valence-electron chi connectivity index (χ1n) is 12.4. The Hall–Kier alpha value is -3.10. The lowest BCUT2D eigenvalue weighted by atomic mass is 9.63. The molecule has 4 aromatic rings. The van der Waals surface area contributed by atoms with E-state index in [0.29, 0.717) is 12.8 Å². The van der Waals surface area contributed by atoms with Crippen molar-refractivity contribution in [3.63, 3.8) is 0 Å².